The van der Waals surface area contributed by atoms with Gasteiger partial charge in [-0.25, -0.2) is 0 Å². The van der Waals surface area contributed by atoms with Gasteiger partial charge in [-0.2, -0.15) is 18.2 Å². The van der Waals surface area contributed by atoms with Gasteiger partial charge < -0.3 is 10.2 Å². The van der Waals surface area contributed by atoms with Crippen molar-refractivity contribution in [1.29, 1.82) is 0 Å². The third-order valence-electron chi connectivity index (χ3n) is 3.47. The third kappa shape index (κ3) is 4.36. The number of aromatic nitrogens is 3. The summed E-state index contributed by atoms with van der Waals surface area (Å²) in [4.78, 5) is 5.87. The standard InChI is InChI=1S/C12H20F3N5/c1-2-16-8-9-3-5-20(6-4-9)11-17-10(18-19-11)7-12(13,14)15/h9,16H,2-8H2,1H3,(H,17,18,19). The molecule has 0 bridgehead atoms. The van der Waals surface area contributed by atoms with Crippen molar-refractivity contribution in [3.8, 4) is 0 Å². The second-order valence-electron chi connectivity index (χ2n) is 5.11. The van der Waals surface area contributed by atoms with E-state index in [0.717, 1.165) is 39.0 Å². The van der Waals surface area contributed by atoms with Crippen LogP contribution >= 0.6 is 0 Å². The molecule has 1 aromatic heterocycles. The highest BCUT2D eigenvalue weighted by atomic mass is 19.4. The van der Waals surface area contributed by atoms with Crippen LogP contribution in [0.1, 0.15) is 25.6 Å². The minimum Gasteiger partial charge on any atom is -0.340 e. The van der Waals surface area contributed by atoms with E-state index in [1.807, 2.05) is 4.90 Å². The van der Waals surface area contributed by atoms with Gasteiger partial charge in [0.15, 0.2) is 0 Å². The van der Waals surface area contributed by atoms with Gasteiger partial charge in [0.2, 0.25) is 5.95 Å². The van der Waals surface area contributed by atoms with Crippen molar-refractivity contribution in [3.05, 3.63) is 5.82 Å². The summed E-state index contributed by atoms with van der Waals surface area (Å²) in [5.41, 5.74) is 0. The van der Waals surface area contributed by atoms with Gasteiger partial charge in [-0.15, -0.1) is 5.10 Å². The summed E-state index contributed by atoms with van der Waals surface area (Å²) in [5.74, 6) is 0.883. The number of hydrogen-bond acceptors (Lipinski definition) is 4. The fourth-order valence-corrected chi connectivity index (χ4v) is 2.38. The average molecular weight is 291 g/mol. The van der Waals surface area contributed by atoms with E-state index in [1.165, 1.54) is 0 Å². The Labute approximate surface area is 115 Å². The molecule has 0 aromatic carbocycles. The molecule has 1 fully saturated rings. The maximum atomic E-state index is 12.3. The third-order valence-corrected chi connectivity index (χ3v) is 3.47. The van der Waals surface area contributed by atoms with Crippen LogP contribution in [-0.2, 0) is 6.42 Å². The fourth-order valence-electron chi connectivity index (χ4n) is 2.38. The van der Waals surface area contributed by atoms with Crippen LogP contribution in [0.15, 0.2) is 0 Å². The highest BCUT2D eigenvalue weighted by Gasteiger charge is 2.30. The van der Waals surface area contributed by atoms with Crippen LogP contribution in [0.4, 0.5) is 19.1 Å². The summed E-state index contributed by atoms with van der Waals surface area (Å²) in [7, 11) is 0. The molecule has 0 amide bonds. The number of rotatable bonds is 5. The molecule has 0 radical (unpaired) electrons. The Morgan fingerprint density at radius 2 is 2.05 bits per heavy atom. The topological polar surface area (TPSA) is 56.8 Å². The summed E-state index contributed by atoms with van der Waals surface area (Å²) in [5, 5.41) is 9.58. The van der Waals surface area contributed by atoms with Crippen molar-refractivity contribution < 1.29 is 13.2 Å². The molecular formula is C12H20F3N5. The smallest absolute Gasteiger partial charge is 0.340 e. The molecule has 0 saturated carbocycles. The maximum absolute atomic E-state index is 12.3. The molecule has 0 unspecified atom stereocenters. The predicted octanol–water partition coefficient (Wildman–Crippen LogP) is 1.74. The molecule has 2 N–H and O–H groups in total. The van der Waals surface area contributed by atoms with E-state index in [0.29, 0.717) is 11.9 Å². The Balaban J connectivity index is 1.85. The Kier molecular flexibility index (Phi) is 4.85. The number of piperidine rings is 1. The summed E-state index contributed by atoms with van der Waals surface area (Å²) >= 11 is 0. The van der Waals surface area contributed by atoms with E-state index < -0.39 is 12.6 Å². The lowest BCUT2D eigenvalue weighted by atomic mass is 9.97. The zero-order chi connectivity index (χ0) is 14.6. The number of alkyl halides is 3. The number of nitrogens with zero attached hydrogens (tertiary/aromatic N) is 3. The number of aromatic amines is 1. The van der Waals surface area contributed by atoms with Crippen molar-refractivity contribution in [2.45, 2.75) is 32.4 Å². The van der Waals surface area contributed by atoms with E-state index in [4.69, 9.17) is 0 Å². The van der Waals surface area contributed by atoms with Gasteiger partial charge >= 0.3 is 6.18 Å². The Hall–Kier alpha value is -1.31. The highest BCUT2D eigenvalue weighted by molar-refractivity contribution is 5.29. The van der Waals surface area contributed by atoms with Crippen LogP contribution in [0.3, 0.4) is 0 Å². The van der Waals surface area contributed by atoms with Crippen LogP contribution in [0.2, 0.25) is 0 Å². The molecule has 0 spiro atoms. The molecule has 5 nitrogen and oxygen atoms in total. The Morgan fingerprint density at radius 1 is 1.35 bits per heavy atom. The molecule has 2 heterocycles. The zero-order valence-corrected chi connectivity index (χ0v) is 11.5. The zero-order valence-electron chi connectivity index (χ0n) is 11.5. The summed E-state index contributed by atoms with van der Waals surface area (Å²) < 4.78 is 36.8. The number of H-pyrrole nitrogens is 1. The van der Waals surface area contributed by atoms with Crippen molar-refractivity contribution in [2.24, 2.45) is 5.92 Å². The molecule has 20 heavy (non-hydrogen) atoms. The molecule has 1 aliphatic heterocycles. The number of halogens is 3. The molecule has 8 heteroatoms. The van der Waals surface area contributed by atoms with Gasteiger partial charge in [0.1, 0.15) is 12.2 Å². The fraction of sp³-hybridized carbons (Fsp3) is 0.833. The van der Waals surface area contributed by atoms with Gasteiger partial charge in [0.25, 0.3) is 0 Å². The normalized spacial score (nSPS) is 17.7. The molecule has 114 valence electrons. The largest absolute Gasteiger partial charge is 0.396 e. The van der Waals surface area contributed by atoms with Crippen molar-refractivity contribution in [2.75, 3.05) is 31.1 Å². The van der Waals surface area contributed by atoms with Gasteiger partial charge in [-0.3, -0.25) is 5.10 Å². The molecule has 1 aromatic rings. The first-order chi connectivity index (χ1) is 9.48. The average Bonchev–Trinajstić information content (AvgIpc) is 2.83. The first-order valence-electron chi connectivity index (χ1n) is 6.91. The Morgan fingerprint density at radius 3 is 2.65 bits per heavy atom. The quantitative estimate of drug-likeness (QED) is 0.867. The van der Waals surface area contributed by atoms with Crippen LogP contribution in [-0.4, -0.2) is 47.5 Å². The maximum Gasteiger partial charge on any atom is 0.396 e. The first kappa shape index (κ1) is 15.1. The van der Waals surface area contributed by atoms with E-state index in [9.17, 15) is 13.2 Å². The summed E-state index contributed by atoms with van der Waals surface area (Å²) in [6.07, 6.45) is -3.29. The number of hydrogen-bond donors (Lipinski definition) is 2. The second kappa shape index (κ2) is 6.43. The van der Waals surface area contributed by atoms with E-state index in [-0.39, 0.29) is 5.82 Å². The SMILES string of the molecule is CCNCC1CCN(c2n[nH]c(CC(F)(F)F)n2)CC1. The van der Waals surface area contributed by atoms with Crippen LogP contribution < -0.4 is 10.2 Å². The molecule has 0 atom stereocenters. The van der Waals surface area contributed by atoms with E-state index >= 15 is 0 Å². The van der Waals surface area contributed by atoms with Crippen LogP contribution in [0.25, 0.3) is 0 Å². The van der Waals surface area contributed by atoms with Crippen LogP contribution in [0.5, 0.6) is 0 Å². The summed E-state index contributed by atoms with van der Waals surface area (Å²) in [6, 6.07) is 0. The predicted molar refractivity (Wildman–Crippen MR) is 69.6 cm³/mol. The second-order valence-corrected chi connectivity index (χ2v) is 5.11. The Bertz CT molecular complexity index is 409. The van der Waals surface area contributed by atoms with Crippen LogP contribution in [0, 0.1) is 5.92 Å². The lowest BCUT2D eigenvalue weighted by Gasteiger charge is -2.31. The molecular weight excluding hydrogens is 271 g/mol. The molecule has 2 rings (SSSR count). The molecule has 1 aliphatic rings. The summed E-state index contributed by atoms with van der Waals surface area (Å²) in [6.45, 7) is 5.61. The lowest BCUT2D eigenvalue weighted by molar-refractivity contribution is -0.128. The monoisotopic (exact) mass is 291 g/mol. The van der Waals surface area contributed by atoms with Gasteiger partial charge in [-0.05, 0) is 31.8 Å². The highest BCUT2D eigenvalue weighted by Crippen LogP contribution is 2.22. The minimum atomic E-state index is -4.25. The van der Waals surface area contributed by atoms with Crippen molar-refractivity contribution >= 4 is 5.95 Å². The lowest BCUT2D eigenvalue weighted by Crippen LogP contribution is -2.37. The molecule has 1 saturated heterocycles. The molecule has 0 aliphatic carbocycles. The minimum absolute atomic E-state index is 0.123. The number of nitrogens with one attached hydrogen (secondary N) is 2. The van der Waals surface area contributed by atoms with Crippen molar-refractivity contribution in [1.82, 2.24) is 20.5 Å². The van der Waals surface area contributed by atoms with E-state index in [2.05, 4.69) is 27.4 Å². The first-order valence-corrected chi connectivity index (χ1v) is 6.91. The van der Waals surface area contributed by atoms with Gasteiger partial charge in [0.05, 0.1) is 0 Å². The van der Waals surface area contributed by atoms with Gasteiger partial charge in [-0.1, -0.05) is 6.92 Å². The van der Waals surface area contributed by atoms with E-state index in [1.54, 1.807) is 0 Å². The van der Waals surface area contributed by atoms with Crippen molar-refractivity contribution in [3.63, 3.8) is 0 Å². The van der Waals surface area contributed by atoms with Gasteiger partial charge in [0, 0.05) is 13.1 Å². The number of anilines is 1.